The van der Waals surface area contributed by atoms with Gasteiger partial charge in [-0.1, -0.05) is 23.8 Å². The number of aryl methyl sites for hydroxylation is 2. The van der Waals surface area contributed by atoms with Crippen molar-refractivity contribution < 1.29 is 18.4 Å². The molecule has 2 aromatic carbocycles. The summed E-state index contributed by atoms with van der Waals surface area (Å²) in [4.78, 5) is 24.9. The van der Waals surface area contributed by atoms with Gasteiger partial charge in [0.1, 0.15) is 17.3 Å². The summed E-state index contributed by atoms with van der Waals surface area (Å²) in [5.41, 5.74) is 2.22. The molecule has 132 valence electrons. The molecule has 2 aromatic rings. The molecule has 0 saturated carbocycles. The lowest BCUT2D eigenvalue weighted by molar-refractivity contribution is -0.117. The molecule has 6 heteroatoms. The molecule has 0 aliphatic rings. The Hall–Kier alpha value is -2.76. The van der Waals surface area contributed by atoms with Crippen LogP contribution in [0, 0.1) is 25.5 Å². The van der Waals surface area contributed by atoms with Crippen molar-refractivity contribution >= 4 is 23.2 Å². The Labute approximate surface area is 145 Å². The SMILES string of the molecule is CC(=O)N(CCC(=O)Nc1ccc(C)cc1C)c1c(F)cccc1F. The summed E-state index contributed by atoms with van der Waals surface area (Å²) < 4.78 is 27.8. The first-order valence-corrected chi connectivity index (χ1v) is 7.89. The summed E-state index contributed by atoms with van der Waals surface area (Å²) in [6.45, 7) is 4.91. The van der Waals surface area contributed by atoms with E-state index < -0.39 is 23.2 Å². The molecule has 0 atom stereocenters. The largest absolute Gasteiger partial charge is 0.326 e. The fourth-order valence-corrected chi connectivity index (χ4v) is 2.55. The lowest BCUT2D eigenvalue weighted by Crippen LogP contribution is -2.33. The number of nitrogens with zero attached hydrogens (tertiary/aromatic N) is 1. The summed E-state index contributed by atoms with van der Waals surface area (Å²) in [6, 6.07) is 8.97. The lowest BCUT2D eigenvalue weighted by Gasteiger charge is -2.22. The molecule has 0 bridgehead atoms. The van der Waals surface area contributed by atoms with Crippen molar-refractivity contribution in [3.05, 3.63) is 59.2 Å². The van der Waals surface area contributed by atoms with Crippen molar-refractivity contribution in [2.24, 2.45) is 0 Å². The lowest BCUT2D eigenvalue weighted by atomic mass is 10.1. The zero-order valence-electron chi connectivity index (χ0n) is 14.4. The predicted molar refractivity (Wildman–Crippen MR) is 93.5 cm³/mol. The Balaban J connectivity index is 2.09. The highest BCUT2D eigenvalue weighted by Crippen LogP contribution is 2.24. The topological polar surface area (TPSA) is 49.4 Å². The third kappa shape index (κ3) is 4.62. The fraction of sp³-hybridized carbons (Fsp3) is 0.263. The van der Waals surface area contributed by atoms with Crippen LogP contribution in [0.15, 0.2) is 36.4 Å². The highest BCUT2D eigenvalue weighted by atomic mass is 19.1. The van der Waals surface area contributed by atoms with Gasteiger partial charge in [-0.3, -0.25) is 9.59 Å². The zero-order valence-corrected chi connectivity index (χ0v) is 14.4. The number of amides is 2. The summed E-state index contributed by atoms with van der Waals surface area (Å²) in [7, 11) is 0. The van der Waals surface area contributed by atoms with E-state index in [4.69, 9.17) is 0 Å². The second-order valence-electron chi connectivity index (χ2n) is 5.86. The first kappa shape index (κ1) is 18.6. The Morgan fingerprint density at radius 3 is 2.28 bits per heavy atom. The number of para-hydroxylation sites is 1. The molecule has 1 N–H and O–H groups in total. The smallest absolute Gasteiger partial charge is 0.226 e. The first-order valence-electron chi connectivity index (χ1n) is 7.89. The van der Waals surface area contributed by atoms with Gasteiger partial charge in [0, 0.05) is 25.6 Å². The summed E-state index contributed by atoms with van der Waals surface area (Å²) in [5.74, 6) is -2.56. The maximum atomic E-state index is 13.9. The first-order chi connectivity index (χ1) is 11.8. The van der Waals surface area contributed by atoms with Gasteiger partial charge in [0.2, 0.25) is 11.8 Å². The number of carbonyl (C=O) groups excluding carboxylic acids is 2. The van der Waals surface area contributed by atoms with Gasteiger partial charge < -0.3 is 10.2 Å². The molecule has 2 amide bonds. The molecular weight excluding hydrogens is 326 g/mol. The molecule has 0 aliphatic carbocycles. The van der Waals surface area contributed by atoms with Crippen molar-refractivity contribution in [2.45, 2.75) is 27.2 Å². The van der Waals surface area contributed by atoms with E-state index in [0.29, 0.717) is 5.69 Å². The average Bonchev–Trinajstić information content (AvgIpc) is 2.52. The molecule has 4 nitrogen and oxygen atoms in total. The summed E-state index contributed by atoms with van der Waals surface area (Å²) >= 11 is 0. The third-order valence-electron chi connectivity index (χ3n) is 3.81. The van der Waals surface area contributed by atoms with Crippen LogP contribution in [-0.2, 0) is 9.59 Å². The van der Waals surface area contributed by atoms with E-state index in [0.717, 1.165) is 28.2 Å². The molecule has 0 heterocycles. The number of nitrogens with one attached hydrogen (secondary N) is 1. The molecule has 2 rings (SSSR count). The molecule has 0 aliphatic heterocycles. The van der Waals surface area contributed by atoms with Crippen LogP contribution in [0.2, 0.25) is 0 Å². The van der Waals surface area contributed by atoms with Crippen molar-refractivity contribution in [1.29, 1.82) is 0 Å². The van der Waals surface area contributed by atoms with Gasteiger partial charge in [-0.25, -0.2) is 8.78 Å². The normalized spacial score (nSPS) is 10.4. The number of carbonyl (C=O) groups is 2. The van der Waals surface area contributed by atoms with Crippen LogP contribution in [0.4, 0.5) is 20.2 Å². The highest BCUT2D eigenvalue weighted by Gasteiger charge is 2.21. The van der Waals surface area contributed by atoms with Gasteiger partial charge in [-0.15, -0.1) is 0 Å². The van der Waals surface area contributed by atoms with Gasteiger partial charge in [-0.05, 0) is 37.6 Å². The van der Waals surface area contributed by atoms with Gasteiger partial charge in [0.25, 0.3) is 0 Å². The fourth-order valence-electron chi connectivity index (χ4n) is 2.55. The van der Waals surface area contributed by atoms with Gasteiger partial charge in [-0.2, -0.15) is 0 Å². The number of rotatable bonds is 5. The quantitative estimate of drug-likeness (QED) is 0.891. The number of anilines is 2. The van der Waals surface area contributed by atoms with E-state index in [2.05, 4.69) is 5.32 Å². The molecule has 0 spiro atoms. The van der Waals surface area contributed by atoms with Gasteiger partial charge >= 0.3 is 0 Å². The van der Waals surface area contributed by atoms with E-state index in [9.17, 15) is 18.4 Å². The molecule has 0 aromatic heterocycles. The number of hydrogen-bond donors (Lipinski definition) is 1. The van der Waals surface area contributed by atoms with Crippen LogP contribution >= 0.6 is 0 Å². The van der Waals surface area contributed by atoms with Crippen LogP contribution in [0.1, 0.15) is 24.5 Å². The molecule has 0 radical (unpaired) electrons. The molecule has 25 heavy (non-hydrogen) atoms. The maximum Gasteiger partial charge on any atom is 0.226 e. The summed E-state index contributed by atoms with van der Waals surface area (Å²) in [6.07, 6.45) is -0.0827. The van der Waals surface area contributed by atoms with Crippen LogP contribution in [0.5, 0.6) is 0 Å². The van der Waals surface area contributed by atoms with Gasteiger partial charge in [0.05, 0.1) is 0 Å². The van der Waals surface area contributed by atoms with E-state index in [1.807, 2.05) is 26.0 Å². The minimum absolute atomic E-state index is 0.0827. The molecule has 0 fully saturated rings. The predicted octanol–water partition coefficient (Wildman–Crippen LogP) is 3.96. The van der Waals surface area contributed by atoms with Gasteiger partial charge in [0.15, 0.2) is 0 Å². The monoisotopic (exact) mass is 346 g/mol. The Morgan fingerprint density at radius 2 is 1.72 bits per heavy atom. The van der Waals surface area contributed by atoms with Crippen molar-refractivity contribution in [3.8, 4) is 0 Å². The maximum absolute atomic E-state index is 13.9. The van der Waals surface area contributed by atoms with E-state index >= 15 is 0 Å². The molecular formula is C19H20F2N2O2. The van der Waals surface area contributed by atoms with Crippen molar-refractivity contribution in [2.75, 3.05) is 16.8 Å². The third-order valence-corrected chi connectivity index (χ3v) is 3.81. The Kier molecular flexibility index (Phi) is 5.85. The molecule has 0 saturated heterocycles. The van der Waals surface area contributed by atoms with E-state index in [1.54, 1.807) is 6.07 Å². The van der Waals surface area contributed by atoms with E-state index in [-0.39, 0.29) is 18.9 Å². The Bertz CT molecular complexity index is 786. The van der Waals surface area contributed by atoms with Crippen LogP contribution < -0.4 is 10.2 Å². The van der Waals surface area contributed by atoms with Crippen molar-refractivity contribution in [3.63, 3.8) is 0 Å². The second kappa shape index (κ2) is 7.88. The van der Waals surface area contributed by atoms with Crippen LogP contribution in [-0.4, -0.2) is 18.4 Å². The van der Waals surface area contributed by atoms with Crippen molar-refractivity contribution in [1.82, 2.24) is 0 Å². The second-order valence-corrected chi connectivity index (χ2v) is 5.86. The number of hydrogen-bond acceptors (Lipinski definition) is 2. The number of halogens is 2. The standard InChI is InChI=1S/C19H20F2N2O2/c1-12-7-8-17(13(2)11-12)22-18(25)9-10-23(14(3)24)19-15(20)5-4-6-16(19)21/h4-8,11H,9-10H2,1-3H3,(H,22,25). The zero-order chi connectivity index (χ0) is 18.6. The number of benzene rings is 2. The summed E-state index contributed by atoms with van der Waals surface area (Å²) in [5, 5.41) is 2.75. The van der Waals surface area contributed by atoms with Crippen LogP contribution in [0.25, 0.3) is 0 Å². The van der Waals surface area contributed by atoms with E-state index in [1.165, 1.54) is 13.0 Å². The minimum atomic E-state index is -0.843. The minimum Gasteiger partial charge on any atom is -0.326 e. The molecule has 0 unspecified atom stereocenters. The van der Waals surface area contributed by atoms with Crippen LogP contribution in [0.3, 0.4) is 0 Å². The highest BCUT2D eigenvalue weighted by molar-refractivity contribution is 5.95. The Morgan fingerprint density at radius 1 is 1.08 bits per heavy atom. The average molecular weight is 346 g/mol.